The van der Waals surface area contributed by atoms with Gasteiger partial charge in [-0.2, -0.15) is 0 Å². The summed E-state index contributed by atoms with van der Waals surface area (Å²) in [5.74, 6) is -1.12. The van der Waals surface area contributed by atoms with Crippen molar-refractivity contribution in [2.45, 2.75) is 41.5 Å². The molecule has 12 heteroatoms. The van der Waals surface area contributed by atoms with Crippen molar-refractivity contribution >= 4 is 27.1 Å². The summed E-state index contributed by atoms with van der Waals surface area (Å²) in [4.78, 5) is 22.1. The van der Waals surface area contributed by atoms with Crippen molar-refractivity contribution in [3.05, 3.63) is 0 Å². The summed E-state index contributed by atoms with van der Waals surface area (Å²) < 4.78 is 52.5. The maximum Gasteiger partial charge on any atom is 0.341 e. The highest BCUT2D eigenvalue weighted by atomic mass is 31.2. The topological polar surface area (TPSA) is 124 Å². The van der Waals surface area contributed by atoms with Crippen molar-refractivity contribution < 1.29 is 46.3 Å². The van der Waals surface area contributed by atoms with Gasteiger partial charge in [-0.25, -0.2) is 0 Å². The molecule has 0 amide bonds. The molecule has 0 aliphatic rings. The van der Waals surface area contributed by atoms with E-state index in [4.69, 9.17) is 18.1 Å². The number of hydrogen-bond acceptors (Lipinski definition) is 10. The molecule has 0 aromatic rings. The molecule has 0 bridgehead atoms. The van der Waals surface area contributed by atoms with E-state index in [-0.39, 0.29) is 52.0 Å². The highest BCUT2D eigenvalue weighted by Gasteiger charge is 2.29. The molecule has 0 saturated heterocycles. The monoisotopic (exact) mass is 448 g/mol. The van der Waals surface area contributed by atoms with E-state index in [0.29, 0.717) is 0 Å². The zero-order valence-electron chi connectivity index (χ0n) is 17.6. The van der Waals surface area contributed by atoms with Crippen LogP contribution in [0.4, 0.5) is 0 Å². The zero-order chi connectivity index (χ0) is 22.1. The number of esters is 2. The van der Waals surface area contributed by atoms with Crippen LogP contribution >= 0.6 is 15.2 Å². The van der Waals surface area contributed by atoms with Crippen LogP contribution in [0.2, 0.25) is 0 Å². The van der Waals surface area contributed by atoms with Crippen LogP contribution in [0, 0.1) is 0 Å². The third-order valence-corrected chi connectivity index (χ3v) is 6.46. The Labute approximate surface area is 167 Å². The second kappa shape index (κ2) is 17.1. The van der Waals surface area contributed by atoms with Gasteiger partial charge in [0.15, 0.2) is 0 Å². The summed E-state index contributed by atoms with van der Waals surface area (Å²) in [6.07, 6.45) is -0.634. The lowest BCUT2D eigenvalue weighted by Gasteiger charge is -2.15. The van der Waals surface area contributed by atoms with Crippen LogP contribution in [-0.2, 0) is 46.3 Å². The van der Waals surface area contributed by atoms with Gasteiger partial charge in [0, 0.05) is 0 Å². The van der Waals surface area contributed by atoms with Crippen LogP contribution in [0.15, 0.2) is 0 Å². The number of carbonyl (C=O) groups excluding carboxylic acids is 2. The molecule has 0 aliphatic carbocycles. The molecular weight excluding hydrogens is 414 g/mol. The van der Waals surface area contributed by atoms with Crippen LogP contribution in [0.25, 0.3) is 0 Å². The van der Waals surface area contributed by atoms with Crippen LogP contribution in [0.3, 0.4) is 0 Å². The van der Waals surface area contributed by atoms with Gasteiger partial charge in [0.2, 0.25) is 0 Å². The molecule has 0 N–H and O–H groups in total. The van der Waals surface area contributed by atoms with Gasteiger partial charge < -0.3 is 27.6 Å². The van der Waals surface area contributed by atoms with E-state index < -0.39 is 27.1 Å². The molecule has 10 nitrogen and oxygen atoms in total. The molecule has 168 valence electrons. The summed E-state index contributed by atoms with van der Waals surface area (Å²) in [5.41, 5.74) is 0. The van der Waals surface area contributed by atoms with Gasteiger partial charge in [0.25, 0.3) is 0 Å². The van der Waals surface area contributed by atoms with E-state index in [9.17, 15) is 18.7 Å². The molecule has 0 aromatic heterocycles. The molecular formula is C16H34O10P2. The zero-order valence-corrected chi connectivity index (χ0v) is 19.4. The Bertz CT molecular complexity index is 458. The predicted molar refractivity (Wildman–Crippen MR) is 105 cm³/mol. The summed E-state index contributed by atoms with van der Waals surface area (Å²) in [6.45, 7) is 11.6. The van der Waals surface area contributed by atoms with E-state index in [1.54, 1.807) is 41.5 Å². The van der Waals surface area contributed by atoms with Gasteiger partial charge in [-0.1, -0.05) is 0 Å². The lowest BCUT2D eigenvalue weighted by molar-refractivity contribution is -0.141. The molecule has 28 heavy (non-hydrogen) atoms. The van der Waals surface area contributed by atoms with Gasteiger partial charge >= 0.3 is 27.1 Å². The van der Waals surface area contributed by atoms with E-state index >= 15 is 0 Å². The fraction of sp³-hybridized carbons (Fsp3) is 0.875. The second-order valence-electron chi connectivity index (χ2n) is 4.82. The number of ether oxygens (including phenoxy) is 2. The maximum atomic E-state index is 11.8. The Morgan fingerprint density at radius 3 is 0.964 bits per heavy atom. The van der Waals surface area contributed by atoms with Crippen molar-refractivity contribution in [1.82, 2.24) is 0 Å². The standard InChI is InChI=1S/2C8H17O5P/c2*1-4-11-8(9)7-14(10,12-5-2)13-6-3/h2*4-7H2,1-3H3. The maximum absolute atomic E-state index is 11.8. The summed E-state index contributed by atoms with van der Waals surface area (Å²) in [7, 11) is -6.56. The number of carbonyl (C=O) groups is 2. The van der Waals surface area contributed by atoms with Gasteiger partial charge in [0.1, 0.15) is 12.3 Å². The molecule has 0 unspecified atom stereocenters. The van der Waals surface area contributed by atoms with Crippen LogP contribution in [0.1, 0.15) is 41.5 Å². The third kappa shape index (κ3) is 15.2. The van der Waals surface area contributed by atoms with Crippen molar-refractivity contribution in [2.24, 2.45) is 0 Å². The fourth-order valence-electron chi connectivity index (χ4n) is 1.77. The minimum absolute atomic E-state index is 0.247. The van der Waals surface area contributed by atoms with E-state index in [0.717, 1.165) is 0 Å². The molecule has 0 aromatic carbocycles. The van der Waals surface area contributed by atoms with Gasteiger partial charge in [0.05, 0.1) is 39.6 Å². The van der Waals surface area contributed by atoms with Crippen molar-refractivity contribution in [3.63, 3.8) is 0 Å². The number of hydrogen-bond donors (Lipinski definition) is 0. The highest BCUT2D eigenvalue weighted by Crippen LogP contribution is 2.48. The molecule has 0 rings (SSSR count). The number of rotatable bonds is 14. The van der Waals surface area contributed by atoms with Gasteiger partial charge in [-0.15, -0.1) is 0 Å². The van der Waals surface area contributed by atoms with Crippen LogP contribution < -0.4 is 0 Å². The molecule has 0 fully saturated rings. The Balaban J connectivity index is 0. The van der Waals surface area contributed by atoms with Gasteiger partial charge in [-0.3, -0.25) is 18.7 Å². The van der Waals surface area contributed by atoms with Crippen LogP contribution in [0.5, 0.6) is 0 Å². The minimum Gasteiger partial charge on any atom is -0.466 e. The first-order chi connectivity index (χ1) is 13.2. The Hall–Kier alpha value is -0.760. The Morgan fingerprint density at radius 2 is 0.786 bits per heavy atom. The van der Waals surface area contributed by atoms with Gasteiger partial charge in [-0.05, 0) is 41.5 Å². The van der Waals surface area contributed by atoms with E-state index in [1.807, 2.05) is 0 Å². The first kappa shape index (κ1) is 29.4. The fourth-order valence-corrected chi connectivity index (χ4v) is 4.68. The largest absolute Gasteiger partial charge is 0.466 e. The molecule has 0 spiro atoms. The molecule has 0 radical (unpaired) electrons. The average Bonchev–Trinajstić information content (AvgIpc) is 2.56. The summed E-state index contributed by atoms with van der Waals surface area (Å²) >= 11 is 0. The Kier molecular flexibility index (Phi) is 18.0. The average molecular weight is 448 g/mol. The van der Waals surface area contributed by atoms with Crippen molar-refractivity contribution in [1.29, 1.82) is 0 Å². The SMILES string of the molecule is CCOC(=O)CP(=O)(OCC)OCC.CCOC(=O)CP(=O)(OCC)OCC. The third-order valence-electron chi connectivity index (χ3n) is 2.56. The molecule has 0 atom stereocenters. The lowest BCUT2D eigenvalue weighted by atomic mass is 10.8. The Morgan fingerprint density at radius 1 is 0.536 bits per heavy atom. The van der Waals surface area contributed by atoms with E-state index in [1.165, 1.54) is 0 Å². The summed E-state index contributed by atoms with van der Waals surface area (Å²) in [5, 5.41) is 0. The summed E-state index contributed by atoms with van der Waals surface area (Å²) in [6, 6.07) is 0. The van der Waals surface area contributed by atoms with Crippen molar-refractivity contribution in [3.8, 4) is 0 Å². The predicted octanol–water partition coefficient (Wildman–Crippen LogP) is 3.63. The normalized spacial score (nSPS) is 11.4. The highest BCUT2D eigenvalue weighted by molar-refractivity contribution is 7.55. The first-order valence-electron chi connectivity index (χ1n) is 9.23. The van der Waals surface area contributed by atoms with Crippen LogP contribution in [-0.4, -0.2) is 63.9 Å². The smallest absolute Gasteiger partial charge is 0.341 e. The second-order valence-corrected chi connectivity index (χ2v) is 8.93. The lowest BCUT2D eigenvalue weighted by Crippen LogP contribution is -2.12. The molecule has 0 aliphatic heterocycles. The molecule has 0 saturated carbocycles. The quantitative estimate of drug-likeness (QED) is 0.287. The van der Waals surface area contributed by atoms with Crippen molar-refractivity contribution in [2.75, 3.05) is 52.0 Å². The molecule has 0 heterocycles. The van der Waals surface area contributed by atoms with E-state index in [2.05, 4.69) is 9.47 Å². The minimum atomic E-state index is -3.28. The first-order valence-corrected chi connectivity index (χ1v) is 12.7.